The molecule has 0 bridgehead atoms. The monoisotopic (exact) mass is 295 g/mol. The van der Waals surface area contributed by atoms with Gasteiger partial charge in [0.25, 0.3) is 11.8 Å². The molecule has 0 unspecified atom stereocenters. The van der Waals surface area contributed by atoms with Crippen LogP contribution in [0.3, 0.4) is 0 Å². The van der Waals surface area contributed by atoms with Crippen molar-refractivity contribution in [1.82, 2.24) is 0 Å². The second-order valence-corrected chi connectivity index (χ2v) is 4.54. The summed E-state index contributed by atoms with van der Waals surface area (Å²) in [4.78, 5) is 24.7. The van der Waals surface area contributed by atoms with Crippen LogP contribution in [0.2, 0.25) is 0 Å². The van der Waals surface area contributed by atoms with Crippen molar-refractivity contribution in [2.75, 3.05) is 12.0 Å². The van der Waals surface area contributed by atoms with Crippen LogP contribution in [0.25, 0.3) is 0 Å². The van der Waals surface area contributed by atoms with Crippen molar-refractivity contribution in [3.63, 3.8) is 0 Å². The Labute approximate surface area is 107 Å². The molecule has 0 fully saturated rings. The highest BCUT2D eigenvalue weighted by Crippen LogP contribution is 2.34. The van der Waals surface area contributed by atoms with Gasteiger partial charge in [-0.05, 0) is 25.1 Å². The summed E-state index contributed by atoms with van der Waals surface area (Å²) in [5, 5.41) is 0. The topological polar surface area (TPSA) is 46.6 Å². The number of halogens is 1. The lowest BCUT2D eigenvalue weighted by molar-refractivity contribution is -0.120. The molecule has 1 aromatic carbocycles. The molecule has 4 nitrogen and oxygen atoms in total. The number of imide groups is 1. The van der Waals surface area contributed by atoms with Crippen LogP contribution in [-0.2, 0) is 9.59 Å². The summed E-state index contributed by atoms with van der Waals surface area (Å²) < 4.78 is 5.93. The smallest absolute Gasteiger partial charge is 0.261 e. The quantitative estimate of drug-likeness (QED) is 0.787. The van der Waals surface area contributed by atoms with Crippen molar-refractivity contribution in [2.45, 2.75) is 6.92 Å². The number of hydrogen-bond donors (Lipinski definition) is 0. The Balaban J connectivity index is 2.51. The summed E-state index contributed by atoms with van der Waals surface area (Å²) in [7, 11) is 1.50. The molecule has 1 aliphatic heterocycles. The third kappa shape index (κ3) is 1.98. The van der Waals surface area contributed by atoms with Crippen LogP contribution in [0, 0.1) is 0 Å². The van der Waals surface area contributed by atoms with E-state index in [1.165, 1.54) is 13.2 Å². The Kier molecular flexibility index (Phi) is 3.02. The summed E-state index contributed by atoms with van der Waals surface area (Å²) in [6.07, 6.45) is 1.32. The maximum Gasteiger partial charge on any atom is 0.261 e. The van der Waals surface area contributed by atoms with Gasteiger partial charge in [0.2, 0.25) is 0 Å². The van der Waals surface area contributed by atoms with Crippen molar-refractivity contribution in [1.29, 1.82) is 0 Å². The normalized spacial score (nSPS) is 15.2. The Morgan fingerprint density at radius 1 is 1.29 bits per heavy atom. The van der Waals surface area contributed by atoms with Crippen molar-refractivity contribution >= 4 is 33.4 Å². The van der Waals surface area contributed by atoms with E-state index in [0.29, 0.717) is 17.0 Å². The number of methoxy groups -OCH3 is 1. The minimum absolute atomic E-state index is 0.314. The molecule has 1 heterocycles. The average molecular weight is 296 g/mol. The molecule has 2 rings (SSSR count). The fourth-order valence-electron chi connectivity index (χ4n) is 1.65. The van der Waals surface area contributed by atoms with E-state index in [-0.39, 0.29) is 11.8 Å². The zero-order chi connectivity index (χ0) is 12.6. The molecule has 5 heteroatoms. The van der Waals surface area contributed by atoms with Crippen LogP contribution < -0.4 is 9.64 Å². The van der Waals surface area contributed by atoms with Gasteiger partial charge in [-0.25, -0.2) is 4.90 Å². The molecule has 1 aliphatic rings. The van der Waals surface area contributed by atoms with Gasteiger partial charge in [0.05, 0.1) is 12.8 Å². The lowest BCUT2D eigenvalue weighted by atomic mass is 10.2. The third-order valence-corrected chi connectivity index (χ3v) is 2.98. The minimum atomic E-state index is -0.344. The van der Waals surface area contributed by atoms with E-state index in [1.54, 1.807) is 25.1 Å². The van der Waals surface area contributed by atoms with Gasteiger partial charge in [-0.1, -0.05) is 15.9 Å². The van der Waals surface area contributed by atoms with E-state index in [0.717, 1.165) is 9.37 Å². The number of rotatable bonds is 2. The molecule has 0 saturated carbocycles. The van der Waals surface area contributed by atoms with Gasteiger partial charge in [0, 0.05) is 16.1 Å². The number of amides is 2. The van der Waals surface area contributed by atoms with Crippen LogP contribution in [0.4, 0.5) is 5.69 Å². The molecule has 0 saturated heterocycles. The first-order chi connectivity index (χ1) is 8.04. The molecule has 0 N–H and O–H groups in total. The van der Waals surface area contributed by atoms with Crippen molar-refractivity contribution in [3.8, 4) is 5.75 Å². The lowest BCUT2D eigenvalue weighted by Crippen LogP contribution is -2.30. The molecule has 17 heavy (non-hydrogen) atoms. The van der Waals surface area contributed by atoms with Crippen molar-refractivity contribution in [3.05, 3.63) is 34.3 Å². The molecule has 0 atom stereocenters. The molecular formula is C12H10BrNO3. The van der Waals surface area contributed by atoms with E-state index >= 15 is 0 Å². The number of ether oxygens (including phenoxy) is 1. The fourth-order valence-corrected chi connectivity index (χ4v) is 2.00. The summed E-state index contributed by atoms with van der Waals surface area (Å²) in [6.45, 7) is 1.62. The first-order valence-corrected chi connectivity index (χ1v) is 5.74. The number of hydrogen-bond acceptors (Lipinski definition) is 3. The Hall–Kier alpha value is -1.62. The summed E-state index contributed by atoms with van der Waals surface area (Å²) in [5.74, 6) is -0.173. The minimum Gasteiger partial charge on any atom is -0.495 e. The highest BCUT2D eigenvalue weighted by molar-refractivity contribution is 9.10. The Morgan fingerprint density at radius 3 is 2.53 bits per heavy atom. The lowest BCUT2D eigenvalue weighted by Gasteiger charge is -2.17. The van der Waals surface area contributed by atoms with Gasteiger partial charge in [-0.15, -0.1) is 0 Å². The highest BCUT2D eigenvalue weighted by atomic mass is 79.9. The van der Waals surface area contributed by atoms with Gasteiger partial charge >= 0.3 is 0 Å². The number of nitrogens with zero attached hydrogens (tertiary/aromatic N) is 1. The number of carbonyl (C=O) groups is 2. The number of anilines is 1. The van der Waals surface area contributed by atoms with Gasteiger partial charge in [0.1, 0.15) is 5.75 Å². The van der Waals surface area contributed by atoms with E-state index < -0.39 is 0 Å². The SMILES string of the molecule is COc1ccc(Br)cc1N1C(=O)C=C(C)C1=O. The maximum absolute atomic E-state index is 11.9. The molecule has 88 valence electrons. The van der Waals surface area contributed by atoms with Crippen LogP contribution in [0.15, 0.2) is 34.3 Å². The largest absolute Gasteiger partial charge is 0.495 e. The zero-order valence-electron chi connectivity index (χ0n) is 9.36. The van der Waals surface area contributed by atoms with E-state index in [2.05, 4.69) is 15.9 Å². The molecule has 1 aromatic rings. The van der Waals surface area contributed by atoms with Gasteiger partial charge < -0.3 is 4.74 Å². The van der Waals surface area contributed by atoms with E-state index in [4.69, 9.17) is 4.74 Å². The fraction of sp³-hybridized carbons (Fsp3) is 0.167. The molecule has 0 aliphatic carbocycles. The second kappa shape index (κ2) is 4.33. The van der Waals surface area contributed by atoms with Crippen LogP contribution >= 0.6 is 15.9 Å². The van der Waals surface area contributed by atoms with E-state index in [9.17, 15) is 9.59 Å². The van der Waals surface area contributed by atoms with Crippen molar-refractivity contribution < 1.29 is 14.3 Å². The summed E-state index contributed by atoms with van der Waals surface area (Å²) in [6, 6.07) is 5.17. The number of benzene rings is 1. The van der Waals surface area contributed by atoms with Gasteiger partial charge in [-0.3, -0.25) is 9.59 Å². The first kappa shape index (κ1) is 11.9. The first-order valence-electron chi connectivity index (χ1n) is 4.95. The standard InChI is InChI=1S/C12H10BrNO3/c1-7-5-11(15)14(12(7)16)9-6-8(13)3-4-10(9)17-2/h3-6H,1-2H3. The molecule has 0 spiro atoms. The molecule has 2 amide bonds. The highest BCUT2D eigenvalue weighted by Gasteiger charge is 2.31. The molecule has 0 aromatic heterocycles. The van der Waals surface area contributed by atoms with Gasteiger partial charge in [-0.2, -0.15) is 0 Å². The van der Waals surface area contributed by atoms with Crippen LogP contribution in [0.5, 0.6) is 5.75 Å². The predicted molar refractivity (Wildman–Crippen MR) is 66.9 cm³/mol. The second-order valence-electron chi connectivity index (χ2n) is 3.62. The molecular weight excluding hydrogens is 286 g/mol. The van der Waals surface area contributed by atoms with Crippen LogP contribution in [-0.4, -0.2) is 18.9 Å². The van der Waals surface area contributed by atoms with E-state index in [1.807, 2.05) is 0 Å². The third-order valence-electron chi connectivity index (χ3n) is 2.48. The summed E-state index contributed by atoms with van der Waals surface area (Å²) >= 11 is 3.31. The number of carbonyl (C=O) groups excluding carboxylic acids is 2. The zero-order valence-corrected chi connectivity index (χ0v) is 10.9. The Morgan fingerprint density at radius 2 is 2.00 bits per heavy atom. The molecule has 0 radical (unpaired) electrons. The van der Waals surface area contributed by atoms with Crippen LogP contribution in [0.1, 0.15) is 6.92 Å². The van der Waals surface area contributed by atoms with Crippen molar-refractivity contribution in [2.24, 2.45) is 0 Å². The predicted octanol–water partition coefficient (Wildman–Crippen LogP) is 2.28. The van der Waals surface area contributed by atoms with Gasteiger partial charge in [0.15, 0.2) is 0 Å². The Bertz CT molecular complexity index is 537. The average Bonchev–Trinajstić information content (AvgIpc) is 2.53. The maximum atomic E-state index is 11.9. The summed E-state index contributed by atoms with van der Waals surface area (Å²) in [5.41, 5.74) is 0.877.